The van der Waals surface area contributed by atoms with Gasteiger partial charge in [-0.15, -0.1) is 0 Å². The highest BCUT2D eigenvalue weighted by Crippen LogP contribution is 2.27. The fourth-order valence-electron chi connectivity index (χ4n) is 3.93. The van der Waals surface area contributed by atoms with Crippen LogP contribution in [0.5, 0.6) is 0 Å². The Bertz CT molecular complexity index is 1090. The van der Waals surface area contributed by atoms with E-state index in [4.69, 9.17) is 0 Å². The van der Waals surface area contributed by atoms with Crippen molar-refractivity contribution >= 4 is 34.0 Å². The van der Waals surface area contributed by atoms with Crippen molar-refractivity contribution in [2.45, 2.75) is 13.8 Å². The third-order valence-electron chi connectivity index (χ3n) is 5.43. The molecule has 2 heterocycles. The van der Waals surface area contributed by atoms with E-state index < -0.39 is 0 Å². The molecule has 154 valence electrons. The van der Waals surface area contributed by atoms with Crippen LogP contribution in [0.15, 0.2) is 54.6 Å². The van der Waals surface area contributed by atoms with Crippen molar-refractivity contribution in [1.82, 2.24) is 9.88 Å². The van der Waals surface area contributed by atoms with E-state index in [0.717, 1.165) is 37.4 Å². The minimum absolute atomic E-state index is 0.0699. The Morgan fingerprint density at radius 3 is 2.53 bits per heavy atom. The number of carbonyl (C=O) groups is 2. The Balaban J connectivity index is 1.40. The molecule has 0 spiro atoms. The first kappa shape index (κ1) is 20.0. The number of piperazine rings is 1. The number of benzene rings is 2. The first-order chi connectivity index (χ1) is 14.5. The monoisotopic (exact) mass is 402 g/mol. The van der Waals surface area contributed by atoms with Gasteiger partial charge in [-0.2, -0.15) is 0 Å². The Kier molecular flexibility index (Phi) is 5.77. The van der Waals surface area contributed by atoms with Gasteiger partial charge in [-0.1, -0.05) is 18.2 Å². The number of carbonyl (C=O) groups excluding carboxylic acids is 2. The van der Waals surface area contributed by atoms with Crippen LogP contribution in [0.2, 0.25) is 0 Å². The molecule has 6 heteroatoms. The maximum Gasteiger partial charge on any atom is 0.221 e. The highest BCUT2D eigenvalue weighted by molar-refractivity contribution is 5.99. The summed E-state index contributed by atoms with van der Waals surface area (Å²) in [5.41, 5.74) is 4.51. The molecule has 1 aromatic heterocycles. The zero-order chi connectivity index (χ0) is 21.1. The second-order valence-corrected chi connectivity index (χ2v) is 7.74. The fraction of sp³-hybridized carbons (Fsp3) is 0.292. The van der Waals surface area contributed by atoms with Crippen LogP contribution in [0.3, 0.4) is 0 Å². The first-order valence-corrected chi connectivity index (χ1v) is 10.2. The smallest absolute Gasteiger partial charge is 0.221 e. The summed E-state index contributed by atoms with van der Waals surface area (Å²) in [5, 5.41) is 3.90. The van der Waals surface area contributed by atoms with Gasteiger partial charge in [0.25, 0.3) is 0 Å². The number of anilines is 2. The van der Waals surface area contributed by atoms with Gasteiger partial charge >= 0.3 is 0 Å². The summed E-state index contributed by atoms with van der Waals surface area (Å²) in [6.45, 7) is 7.24. The second-order valence-electron chi connectivity index (χ2n) is 7.74. The molecule has 30 heavy (non-hydrogen) atoms. The largest absolute Gasteiger partial charge is 0.368 e. The maximum absolute atomic E-state index is 12.7. The van der Waals surface area contributed by atoms with Gasteiger partial charge in [0.1, 0.15) is 0 Å². The quantitative estimate of drug-likeness (QED) is 0.662. The van der Waals surface area contributed by atoms with Crippen LogP contribution in [-0.4, -0.2) is 54.3 Å². The van der Waals surface area contributed by atoms with Gasteiger partial charge < -0.3 is 10.2 Å². The molecule has 0 saturated carbocycles. The summed E-state index contributed by atoms with van der Waals surface area (Å²) in [7, 11) is 0. The van der Waals surface area contributed by atoms with Gasteiger partial charge in [0.05, 0.1) is 12.1 Å². The third kappa shape index (κ3) is 4.49. The van der Waals surface area contributed by atoms with Crippen molar-refractivity contribution in [2.24, 2.45) is 0 Å². The minimum atomic E-state index is -0.144. The molecule has 0 bridgehead atoms. The van der Waals surface area contributed by atoms with E-state index in [-0.39, 0.29) is 11.7 Å². The summed E-state index contributed by atoms with van der Waals surface area (Å²) >= 11 is 0. The Morgan fingerprint density at radius 1 is 1.00 bits per heavy atom. The van der Waals surface area contributed by atoms with E-state index in [0.29, 0.717) is 17.8 Å². The molecule has 1 saturated heterocycles. The number of nitrogens with one attached hydrogen (secondary N) is 1. The number of pyridine rings is 1. The van der Waals surface area contributed by atoms with Crippen molar-refractivity contribution < 1.29 is 9.59 Å². The van der Waals surface area contributed by atoms with E-state index in [1.165, 1.54) is 18.0 Å². The van der Waals surface area contributed by atoms with E-state index in [1.807, 2.05) is 6.92 Å². The van der Waals surface area contributed by atoms with Crippen LogP contribution >= 0.6 is 0 Å². The number of Topliss-reactive ketones (excluding diaryl/α,β-unsaturated/α-hetero) is 1. The third-order valence-corrected chi connectivity index (χ3v) is 5.43. The van der Waals surface area contributed by atoms with Crippen LogP contribution < -0.4 is 10.2 Å². The molecule has 0 unspecified atom stereocenters. The maximum atomic E-state index is 12.7. The highest BCUT2D eigenvalue weighted by Gasteiger charge is 2.21. The molecule has 0 radical (unpaired) electrons. The van der Waals surface area contributed by atoms with Crippen molar-refractivity contribution in [3.63, 3.8) is 0 Å². The molecule has 1 fully saturated rings. The lowest BCUT2D eigenvalue weighted by molar-refractivity contribution is -0.114. The summed E-state index contributed by atoms with van der Waals surface area (Å²) in [6, 6.07) is 17.6. The highest BCUT2D eigenvalue weighted by atomic mass is 16.1. The van der Waals surface area contributed by atoms with Crippen LogP contribution in [0, 0.1) is 6.92 Å². The Labute approximate surface area is 176 Å². The summed E-state index contributed by atoms with van der Waals surface area (Å²) in [5.74, 6) is -0.0741. The number of rotatable bonds is 5. The molecule has 6 nitrogen and oxygen atoms in total. The van der Waals surface area contributed by atoms with Crippen LogP contribution in [0.1, 0.15) is 23.0 Å². The zero-order valence-electron chi connectivity index (χ0n) is 17.4. The SMILES string of the molecule is CC(=O)Nc1cccc(C(=O)CN2CCN(c3cccc4nc(C)ccc34)CC2)c1. The van der Waals surface area contributed by atoms with Crippen molar-refractivity contribution in [1.29, 1.82) is 0 Å². The average molecular weight is 402 g/mol. The van der Waals surface area contributed by atoms with E-state index in [2.05, 4.69) is 50.4 Å². The molecule has 0 aliphatic carbocycles. The molecule has 1 N–H and O–H groups in total. The zero-order valence-corrected chi connectivity index (χ0v) is 17.4. The number of fused-ring (bicyclic) bond motifs is 1. The molecule has 1 aliphatic heterocycles. The van der Waals surface area contributed by atoms with Crippen LogP contribution in [0.4, 0.5) is 11.4 Å². The predicted octanol–water partition coefficient (Wildman–Crippen LogP) is 3.51. The topological polar surface area (TPSA) is 65.5 Å². The number of amides is 1. The lowest BCUT2D eigenvalue weighted by Gasteiger charge is -2.36. The minimum Gasteiger partial charge on any atom is -0.368 e. The fourth-order valence-corrected chi connectivity index (χ4v) is 3.93. The van der Waals surface area contributed by atoms with Crippen molar-refractivity contribution in [3.8, 4) is 0 Å². The molecule has 4 rings (SSSR count). The molecular weight excluding hydrogens is 376 g/mol. The second kappa shape index (κ2) is 8.63. The standard InChI is InChI=1S/C24H26N4O2/c1-17-9-10-21-22(25-17)7-4-8-23(21)28-13-11-27(12-14-28)16-24(30)19-5-3-6-20(15-19)26-18(2)29/h3-10,15H,11-14,16H2,1-2H3,(H,26,29). The number of nitrogens with zero attached hydrogens (tertiary/aromatic N) is 3. The normalized spacial score (nSPS) is 14.7. The molecule has 1 aliphatic rings. The van der Waals surface area contributed by atoms with Crippen LogP contribution in [0.25, 0.3) is 10.9 Å². The van der Waals surface area contributed by atoms with Gasteiger partial charge in [0.2, 0.25) is 5.91 Å². The lowest BCUT2D eigenvalue weighted by atomic mass is 10.1. The number of aryl methyl sites for hydroxylation is 1. The molecule has 0 atom stereocenters. The van der Waals surface area contributed by atoms with Crippen molar-refractivity contribution in [2.75, 3.05) is 42.9 Å². The summed E-state index contributed by atoms with van der Waals surface area (Å²) < 4.78 is 0. The number of hydrogen-bond donors (Lipinski definition) is 1. The summed E-state index contributed by atoms with van der Waals surface area (Å²) in [4.78, 5) is 33.2. The Morgan fingerprint density at radius 2 is 1.77 bits per heavy atom. The number of hydrogen-bond acceptors (Lipinski definition) is 5. The predicted molar refractivity (Wildman–Crippen MR) is 120 cm³/mol. The van der Waals surface area contributed by atoms with Gasteiger partial charge in [-0.05, 0) is 43.3 Å². The molecular formula is C24H26N4O2. The Hall–Kier alpha value is -3.25. The van der Waals surface area contributed by atoms with Gasteiger partial charge in [-0.25, -0.2) is 0 Å². The molecule has 2 aromatic carbocycles. The lowest BCUT2D eigenvalue weighted by Crippen LogP contribution is -2.48. The van der Waals surface area contributed by atoms with Gasteiger partial charge in [-0.3, -0.25) is 19.5 Å². The van der Waals surface area contributed by atoms with Crippen LogP contribution in [-0.2, 0) is 4.79 Å². The molecule has 3 aromatic rings. The molecule has 1 amide bonds. The van der Waals surface area contributed by atoms with Crippen molar-refractivity contribution in [3.05, 3.63) is 65.9 Å². The first-order valence-electron chi connectivity index (χ1n) is 10.2. The number of ketones is 1. The number of aromatic nitrogens is 1. The average Bonchev–Trinajstić information content (AvgIpc) is 2.73. The van der Waals surface area contributed by atoms with E-state index in [9.17, 15) is 9.59 Å². The van der Waals surface area contributed by atoms with E-state index >= 15 is 0 Å². The van der Waals surface area contributed by atoms with Gasteiger partial charge in [0, 0.05) is 61.1 Å². The van der Waals surface area contributed by atoms with Gasteiger partial charge in [0.15, 0.2) is 5.78 Å². The van der Waals surface area contributed by atoms with E-state index in [1.54, 1.807) is 24.3 Å². The summed E-state index contributed by atoms with van der Waals surface area (Å²) in [6.07, 6.45) is 0.